The van der Waals surface area contributed by atoms with Crippen molar-refractivity contribution in [3.8, 4) is 11.4 Å². The number of hydrogen-bond donors (Lipinski definition) is 1. The molecule has 3 aromatic rings. The van der Waals surface area contributed by atoms with Crippen LogP contribution < -0.4 is 5.32 Å². The molecule has 1 aromatic heterocycles. The number of benzene rings is 2. The highest BCUT2D eigenvalue weighted by atomic mass is 32.2. The largest absolute Gasteiger partial charge is 0.385 e. The van der Waals surface area contributed by atoms with E-state index in [0.717, 1.165) is 16.0 Å². The molecule has 0 radical (unpaired) electrons. The van der Waals surface area contributed by atoms with Gasteiger partial charge in [-0.3, -0.25) is 4.90 Å². The fourth-order valence-corrected chi connectivity index (χ4v) is 4.20. The number of aromatic nitrogens is 2. The molecule has 7 nitrogen and oxygen atoms in total. The van der Waals surface area contributed by atoms with Crippen LogP contribution in [0, 0.1) is 5.82 Å². The lowest BCUT2D eigenvalue weighted by Gasteiger charge is -2.35. The molecule has 9 heteroatoms. The smallest absolute Gasteiger partial charge is 0.322 e. The van der Waals surface area contributed by atoms with Gasteiger partial charge in [-0.25, -0.2) is 9.18 Å². The van der Waals surface area contributed by atoms with E-state index in [1.54, 1.807) is 35.9 Å². The first kappa shape index (κ1) is 23.0. The summed E-state index contributed by atoms with van der Waals surface area (Å²) in [6, 6.07) is 13.1. The lowest BCUT2D eigenvalue weighted by Crippen LogP contribution is -2.46. The third-order valence-corrected chi connectivity index (χ3v) is 6.28. The molecule has 2 heterocycles. The number of rotatable bonds is 8. The molecule has 172 valence electrons. The van der Waals surface area contributed by atoms with Crippen molar-refractivity contribution in [3.05, 3.63) is 71.5 Å². The molecular formula is C24H25FN4O3S. The van der Waals surface area contributed by atoms with Crippen molar-refractivity contribution in [2.24, 2.45) is 0 Å². The maximum Gasteiger partial charge on any atom is 0.322 e. The molecule has 1 unspecified atom stereocenters. The van der Waals surface area contributed by atoms with Crippen LogP contribution in [0.25, 0.3) is 17.0 Å². The Balaban J connectivity index is 1.74. The van der Waals surface area contributed by atoms with E-state index < -0.39 is 6.04 Å². The minimum absolute atomic E-state index is 0.242. The van der Waals surface area contributed by atoms with Gasteiger partial charge in [-0.15, -0.1) is 11.8 Å². The van der Waals surface area contributed by atoms with E-state index in [0.29, 0.717) is 42.6 Å². The Labute approximate surface area is 196 Å². The molecule has 33 heavy (non-hydrogen) atoms. The summed E-state index contributed by atoms with van der Waals surface area (Å²) in [5.74, 6) is 0.416. The van der Waals surface area contributed by atoms with E-state index in [2.05, 4.69) is 15.5 Å². The van der Waals surface area contributed by atoms with Gasteiger partial charge >= 0.3 is 6.03 Å². The van der Waals surface area contributed by atoms with Gasteiger partial charge in [0.2, 0.25) is 5.82 Å². The van der Waals surface area contributed by atoms with Crippen LogP contribution in [0.3, 0.4) is 0 Å². The average molecular weight is 469 g/mol. The predicted molar refractivity (Wildman–Crippen MR) is 125 cm³/mol. The Morgan fingerprint density at radius 3 is 2.58 bits per heavy atom. The van der Waals surface area contributed by atoms with Crippen molar-refractivity contribution >= 4 is 23.4 Å². The molecule has 1 atom stereocenters. The topological polar surface area (TPSA) is 80.5 Å². The van der Waals surface area contributed by atoms with Crippen LogP contribution in [0.1, 0.15) is 30.8 Å². The number of halogens is 1. The number of urea groups is 1. The van der Waals surface area contributed by atoms with Crippen LogP contribution in [-0.2, 0) is 4.74 Å². The highest BCUT2D eigenvalue weighted by Gasteiger charge is 2.35. The lowest BCUT2D eigenvalue weighted by atomic mass is 9.94. The van der Waals surface area contributed by atoms with E-state index in [4.69, 9.17) is 9.26 Å². The second-order valence-electron chi connectivity index (χ2n) is 7.58. The third-order valence-electron chi connectivity index (χ3n) is 5.53. The molecule has 1 aliphatic rings. The maximum atomic E-state index is 13.5. The van der Waals surface area contributed by atoms with Crippen molar-refractivity contribution < 1.29 is 18.4 Å². The number of methoxy groups -OCH3 is 1. The molecular weight excluding hydrogens is 443 g/mol. The zero-order chi connectivity index (χ0) is 23.4. The van der Waals surface area contributed by atoms with Crippen LogP contribution in [0.4, 0.5) is 9.18 Å². The number of amides is 2. The third kappa shape index (κ3) is 4.94. The molecule has 4 rings (SSSR count). The van der Waals surface area contributed by atoms with E-state index in [1.165, 1.54) is 12.1 Å². The maximum absolute atomic E-state index is 13.5. The second kappa shape index (κ2) is 10.2. The molecule has 0 fully saturated rings. The standard InChI is InChI=1S/C24H25FN4O3S/c1-15-20(23-27-22(28-32-23)17-7-11-19(33-3)12-8-17)21(16-5-9-18(25)10-6-16)26-24(30)29(15)13-4-14-31-2/h5-12,21H,4,13-14H2,1-3H3,(H,26,30). The van der Waals surface area contributed by atoms with E-state index in [1.807, 2.05) is 37.4 Å². The van der Waals surface area contributed by atoms with Gasteiger partial charge in [-0.1, -0.05) is 17.3 Å². The Morgan fingerprint density at radius 2 is 1.91 bits per heavy atom. The van der Waals surface area contributed by atoms with E-state index in [9.17, 15) is 9.18 Å². The fourth-order valence-electron chi connectivity index (χ4n) is 3.79. The van der Waals surface area contributed by atoms with Crippen LogP contribution in [0.2, 0.25) is 0 Å². The first-order valence-electron chi connectivity index (χ1n) is 10.5. The normalized spacial score (nSPS) is 16.3. The summed E-state index contributed by atoms with van der Waals surface area (Å²) in [4.78, 5) is 20.3. The zero-order valence-electron chi connectivity index (χ0n) is 18.7. The van der Waals surface area contributed by atoms with Crippen molar-refractivity contribution in [1.29, 1.82) is 0 Å². The quantitative estimate of drug-likeness (QED) is 0.365. The monoisotopic (exact) mass is 468 g/mol. The van der Waals surface area contributed by atoms with Crippen LogP contribution in [-0.4, -0.2) is 47.6 Å². The van der Waals surface area contributed by atoms with Gasteiger partial charge in [0.1, 0.15) is 5.82 Å². The minimum atomic E-state index is -0.552. The first-order valence-corrected chi connectivity index (χ1v) is 11.8. The Kier molecular flexibility index (Phi) is 7.10. The average Bonchev–Trinajstić information content (AvgIpc) is 3.31. The molecule has 0 saturated heterocycles. The lowest BCUT2D eigenvalue weighted by molar-refractivity contribution is 0.174. The Morgan fingerprint density at radius 1 is 1.18 bits per heavy atom. The zero-order valence-corrected chi connectivity index (χ0v) is 19.5. The molecule has 1 aliphatic heterocycles. The highest BCUT2D eigenvalue weighted by Crippen LogP contribution is 2.37. The van der Waals surface area contributed by atoms with Gasteiger partial charge in [0.15, 0.2) is 0 Å². The summed E-state index contributed by atoms with van der Waals surface area (Å²) in [6.07, 6.45) is 2.69. The summed E-state index contributed by atoms with van der Waals surface area (Å²) in [7, 11) is 1.63. The van der Waals surface area contributed by atoms with E-state index >= 15 is 0 Å². The SMILES string of the molecule is COCCCN1C(=O)NC(c2ccc(F)cc2)C(c2nc(-c3ccc(SC)cc3)no2)=C1C. The van der Waals surface area contributed by atoms with Crippen LogP contribution in [0.5, 0.6) is 0 Å². The number of hydrogen-bond acceptors (Lipinski definition) is 6. The number of allylic oxidation sites excluding steroid dienone is 1. The molecule has 0 saturated carbocycles. The number of nitrogens with zero attached hydrogens (tertiary/aromatic N) is 3. The molecule has 0 aliphatic carbocycles. The van der Waals surface area contributed by atoms with Gasteiger partial charge in [0, 0.05) is 36.4 Å². The number of thioether (sulfide) groups is 1. The van der Waals surface area contributed by atoms with Gasteiger partial charge in [-0.05, 0) is 61.6 Å². The van der Waals surface area contributed by atoms with Crippen molar-refractivity contribution in [1.82, 2.24) is 20.4 Å². The first-order chi connectivity index (χ1) is 16.0. The summed E-state index contributed by atoms with van der Waals surface area (Å²) in [5, 5.41) is 7.18. The Hall–Kier alpha value is -3.17. The van der Waals surface area contributed by atoms with Gasteiger partial charge in [0.05, 0.1) is 11.6 Å². The predicted octanol–water partition coefficient (Wildman–Crippen LogP) is 5.13. The molecule has 1 N–H and O–H groups in total. The van der Waals surface area contributed by atoms with E-state index in [-0.39, 0.29) is 11.8 Å². The molecule has 2 amide bonds. The van der Waals surface area contributed by atoms with Gasteiger partial charge in [-0.2, -0.15) is 4.98 Å². The number of nitrogens with one attached hydrogen (secondary N) is 1. The van der Waals surface area contributed by atoms with Gasteiger partial charge in [0.25, 0.3) is 5.89 Å². The summed E-state index contributed by atoms with van der Waals surface area (Å²) in [6.45, 7) is 2.86. The summed E-state index contributed by atoms with van der Waals surface area (Å²) in [5.41, 5.74) is 2.94. The highest BCUT2D eigenvalue weighted by molar-refractivity contribution is 7.98. The fraction of sp³-hybridized carbons (Fsp3) is 0.292. The van der Waals surface area contributed by atoms with Crippen molar-refractivity contribution in [2.75, 3.05) is 26.5 Å². The molecule has 0 bridgehead atoms. The van der Waals surface area contributed by atoms with Crippen molar-refractivity contribution in [2.45, 2.75) is 24.3 Å². The Bertz CT molecular complexity index is 1150. The van der Waals surface area contributed by atoms with Gasteiger partial charge < -0.3 is 14.6 Å². The summed E-state index contributed by atoms with van der Waals surface area (Å²) >= 11 is 1.66. The number of ether oxygens (including phenoxy) is 1. The minimum Gasteiger partial charge on any atom is -0.385 e. The molecule has 2 aromatic carbocycles. The number of carbonyl (C=O) groups is 1. The second-order valence-corrected chi connectivity index (χ2v) is 8.46. The van der Waals surface area contributed by atoms with Crippen LogP contribution in [0.15, 0.2) is 63.6 Å². The van der Waals surface area contributed by atoms with Crippen LogP contribution >= 0.6 is 11.8 Å². The number of carbonyl (C=O) groups excluding carboxylic acids is 1. The summed E-state index contributed by atoms with van der Waals surface area (Å²) < 4.78 is 24.3. The molecule has 0 spiro atoms. The van der Waals surface area contributed by atoms with Crippen molar-refractivity contribution in [3.63, 3.8) is 0 Å².